The lowest BCUT2D eigenvalue weighted by atomic mass is 10.2. The molecule has 4 heteroatoms. The summed E-state index contributed by atoms with van der Waals surface area (Å²) < 4.78 is 0. The Labute approximate surface area is 90.2 Å². The molecule has 0 aliphatic carbocycles. The summed E-state index contributed by atoms with van der Waals surface area (Å²) in [5.74, 6) is -0.806. The number of fused-ring (bicyclic) bond motifs is 2. The van der Waals surface area contributed by atoms with E-state index in [1.807, 2.05) is 6.08 Å². The molecule has 2 atom stereocenters. The van der Waals surface area contributed by atoms with Crippen molar-refractivity contribution in [2.45, 2.75) is 19.4 Å². The number of carboxylic acid groups (broad SMARTS) is 1. The Balaban J connectivity index is 1.89. The molecule has 2 saturated heterocycles. The maximum Gasteiger partial charge on any atom is 0.330 e. The molecule has 2 aliphatic heterocycles. The van der Waals surface area contributed by atoms with Gasteiger partial charge in [-0.25, -0.2) is 4.79 Å². The summed E-state index contributed by atoms with van der Waals surface area (Å²) >= 11 is 0. The molecule has 0 aromatic carbocycles. The summed E-state index contributed by atoms with van der Waals surface area (Å²) in [6.07, 6.45) is 3.07. The fourth-order valence-electron chi connectivity index (χ4n) is 2.35. The highest BCUT2D eigenvalue weighted by atomic mass is 16.4. The van der Waals surface area contributed by atoms with Crippen LogP contribution in [0.3, 0.4) is 0 Å². The third-order valence-electron chi connectivity index (χ3n) is 3.44. The molecule has 15 heavy (non-hydrogen) atoms. The van der Waals surface area contributed by atoms with E-state index in [0.29, 0.717) is 11.6 Å². The Bertz CT molecular complexity index is 288. The highest BCUT2D eigenvalue weighted by molar-refractivity contribution is 5.85. The minimum atomic E-state index is -0.806. The Morgan fingerprint density at radius 1 is 1.47 bits per heavy atom. The third kappa shape index (κ3) is 2.38. The maximum atomic E-state index is 10.6. The summed E-state index contributed by atoms with van der Waals surface area (Å²) in [6, 6.07) is 0.650. The van der Waals surface area contributed by atoms with Gasteiger partial charge in [-0.2, -0.15) is 0 Å². The predicted octanol–water partition coefficient (Wildman–Crippen LogP) is 0.407. The van der Waals surface area contributed by atoms with E-state index in [-0.39, 0.29) is 0 Å². The van der Waals surface area contributed by atoms with Gasteiger partial charge in [-0.15, -0.1) is 0 Å². The molecule has 4 nitrogen and oxygen atoms in total. The van der Waals surface area contributed by atoms with Crippen molar-refractivity contribution in [3.63, 3.8) is 0 Å². The second-order valence-corrected chi connectivity index (χ2v) is 4.43. The van der Waals surface area contributed by atoms with Crippen molar-refractivity contribution in [2.75, 3.05) is 32.7 Å². The van der Waals surface area contributed by atoms with Gasteiger partial charge in [0.25, 0.3) is 0 Å². The van der Waals surface area contributed by atoms with Crippen LogP contribution in [-0.2, 0) is 4.79 Å². The average molecular weight is 210 g/mol. The highest BCUT2D eigenvalue weighted by Crippen LogP contribution is 2.20. The third-order valence-corrected chi connectivity index (χ3v) is 3.44. The van der Waals surface area contributed by atoms with Crippen LogP contribution in [0.15, 0.2) is 11.6 Å². The predicted molar refractivity (Wildman–Crippen MR) is 57.8 cm³/mol. The van der Waals surface area contributed by atoms with E-state index in [4.69, 9.17) is 5.11 Å². The summed E-state index contributed by atoms with van der Waals surface area (Å²) in [5.41, 5.74) is 0.454. The van der Waals surface area contributed by atoms with E-state index in [2.05, 4.69) is 9.80 Å². The molecule has 84 valence electrons. The second-order valence-electron chi connectivity index (χ2n) is 4.43. The zero-order valence-corrected chi connectivity index (χ0v) is 9.15. The Kier molecular flexibility index (Phi) is 3.07. The van der Waals surface area contributed by atoms with Crippen molar-refractivity contribution in [1.29, 1.82) is 0 Å². The molecule has 0 radical (unpaired) electrons. The molecule has 2 bridgehead atoms. The molecule has 1 N–H and O–H groups in total. The zero-order chi connectivity index (χ0) is 10.8. The van der Waals surface area contributed by atoms with Crippen molar-refractivity contribution in [3.05, 3.63) is 11.6 Å². The van der Waals surface area contributed by atoms with Crippen molar-refractivity contribution in [2.24, 2.45) is 0 Å². The molecule has 2 rings (SSSR count). The standard InChI is InChI=1S/C11H18N2O2/c1-9(11(14)15)2-5-13-7-6-12-4-3-10(13)8-12/h2,10H,3-8H2,1H3,(H,14,15)/b9-2+. The molecule has 0 aromatic rings. The van der Waals surface area contributed by atoms with Gasteiger partial charge in [-0.3, -0.25) is 4.90 Å². The van der Waals surface area contributed by atoms with Crippen LogP contribution in [0.2, 0.25) is 0 Å². The molecule has 2 aliphatic rings. The van der Waals surface area contributed by atoms with Gasteiger partial charge in [0.1, 0.15) is 0 Å². The minimum Gasteiger partial charge on any atom is -0.478 e. The van der Waals surface area contributed by atoms with Crippen LogP contribution in [0.5, 0.6) is 0 Å². The number of carbonyl (C=O) groups is 1. The zero-order valence-electron chi connectivity index (χ0n) is 9.15. The Hall–Kier alpha value is -0.870. The monoisotopic (exact) mass is 210 g/mol. The largest absolute Gasteiger partial charge is 0.478 e. The number of hydrogen-bond donors (Lipinski definition) is 1. The molecule has 2 heterocycles. The average Bonchev–Trinajstić information content (AvgIpc) is 2.59. The summed E-state index contributed by atoms with van der Waals surface area (Å²) in [7, 11) is 0. The first-order valence-electron chi connectivity index (χ1n) is 5.53. The highest BCUT2D eigenvalue weighted by Gasteiger charge is 2.31. The van der Waals surface area contributed by atoms with Crippen LogP contribution < -0.4 is 0 Å². The van der Waals surface area contributed by atoms with Crippen molar-refractivity contribution < 1.29 is 9.90 Å². The SMILES string of the molecule is C/C(=C\CN1CCN2CCC1C2)C(=O)O. The Morgan fingerprint density at radius 3 is 3.00 bits per heavy atom. The van der Waals surface area contributed by atoms with Crippen LogP contribution in [0.4, 0.5) is 0 Å². The van der Waals surface area contributed by atoms with E-state index >= 15 is 0 Å². The summed E-state index contributed by atoms with van der Waals surface area (Å²) in [5, 5.41) is 8.75. The minimum absolute atomic E-state index is 0.454. The van der Waals surface area contributed by atoms with Crippen LogP contribution in [0, 0.1) is 0 Å². The van der Waals surface area contributed by atoms with Gasteiger partial charge in [-0.1, -0.05) is 6.08 Å². The molecular weight excluding hydrogens is 192 g/mol. The lowest BCUT2D eigenvalue weighted by molar-refractivity contribution is -0.132. The summed E-state index contributed by atoms with van der Waals surface area (Å²) in [4.78, 5) is 15.5. The first kappa shape index (κ1) is 10.6. The topological polar surface area (TPSA) is 43.8 Å². The first-order valence-corrected chi connectivity index (χ1v) is 5.53. The van der Waals surface area contributed by atoms with Gasteiger partial charge in [-0.05, 0) is 19.9 Å². The number of aliphatic carboxylic acids is 1. The fraction of sp³-hybridized carbons (Fsp3) is 0.727. The number of nitrogens with zero attached hydrogens (tertiary/aromatic N) is 2. The van der Waals surface area contributed by atoms with Gasteiger partial charge in [0.2, 0.25) is 0 Å². The van der Waals surface area contributed by atoms with Crippen molar-refractivity contribution in [1.82, 2.24) is 9.80 Å². The lowest BCUT2D eigenvalue weighted by Gasteiger charge is -2.33. The van der Waals surface area contributed by atoms with Gasteiger partial charge < -0.3 is 10.0 Å². The molecule has 0 spiro atoms. The number of carboxylic acids is 1. The molecule has 0 amide bonds. The number of rotatable bonds is 3. The molecule has 2 fully saturated rings. The van der Waals surface area contributed by atoms with E-state index in [9.17, 15) is 4.79 Å². The number of piperazine rings is 1. The van der Waals surface area contributed by atoms with Gasteiger partial charge in [0.05, 0.1) is 0 Å². The maximum absolute atomic E-state index is 10.6. The van der Waals surface area contributed by atoms with Gasteiger partial charge in [0, 0.05) is 37.8 Å². The van der Waals surface area contributed by atoms with E-state index in [1.54, 1.807) is 6.92 Å². The molecule has 0 aromatic heterocycles. The van der Waals surface area contributed by atoms with Gasteiger partial charge in [0.15, 0.2) is 0 Å². The van der Waals surface area contributed by atoms with Crippen LogP contribution in [-0.4, -0.2) is 59.6 Å². The first-order chi connectivity index (χ1) is 7.16. The van der Waals surface area contributed by atoms with Crippen molar-refractivity contribution in [3.8, 4) is 0 Å². The van der Waals surface area contributed by atoms with Crippen LogP contribution in [0.25, 0.3) is 0 Å². The lowest BCUT2D eigenvalue weighted by Crippen LogP contribution is -2.46. The normalized spacial score (nSPS) is 31.9. The smallest absolute Gasteiger partial charge is 0.330 e. The second kappa shape index (κ2) is 4.33. The van der Waals surface area contributed by atoms with E-state index in [1.165, 1.54) is 19.5 Å². The van der Waals surface area contributed by atoms with Gasteiger partial charge >= 0.3 is 5.97 Å². The van der Waals surface area contributed by atoms with E-state index in [0.717, 1.165) is 19.6 Å². The summed E-state index contributed by atoms with van der Waals surface area (Å²) in [6.45, 7) is 7.04. The van der Waals surface area contributed by atoms with Crippen LogP contribution in [0.1, 0.15) is 13.3 Å². The van der Waals surface area contributed by atoms with Crippen molar-refractivity contribution >= 4 is 5.97 Å². The fourth-order valence-corrected chi connectivity index (χ4v) is 2.35. The van der Waals surface area contributed by atoms with Crippen LogP contribution >= 0.6 is 0 Å². The molecule has 2 unspecified atom stereocenters. The van der Waals surface area contributed by atoms with E-state index < -0.39 is 5.97 Å². The quantitative estimate of drug-likeness (QED) is 0.685. The molecular formula is C11H18N2O2. The number of hydrogen-bond acceptors (Lipinski definition) is 3. The Morgan fingerprint density at radius 2 is 2.27 bits per heavy atom. The molecule has 0 saturated carbocycles.